The van der Waals surface area contributed by atoms with E-state index in [2.05, 4.69) is 48.5 Å². The van der Waals surface area contributed by atoms with Crippen LogP contribution in [-0.4, -0.2) is 57.2 Å². The Labute approximate surface area is 270 Å². The fourth-order valence-corrected chi connectivity index (χ4v) is 12.0. The smallest absolute Gasteiger partial charge is 0.264 e. The Morgan fingerprint density at radius 1 is 0.689 bits per heavy atom. The van der Waals surface area contributed by atoms with Crippen LogP contribution in [0.1, 0.15) is 113 Å². The molecule has 4 rings (SSSR count). The second-order valence-corrected chi connectivity index (χ2v) is 19.7. The molecule has 0 radical (unpaired) electrons. The van der Waals surface area contributed by atoms with Gasteiger partial charge in [0, 0.05) is 0 Å². The molecule has 15 heteroatoms. The summed E-state index contributed by atoms with van der Waals surface area (Å²) in [5.41, 5.74) is -1.15. The Hall–Kier alpha value is -0.390. The van der Waals surface area contributed by atoms with Gasteiger partial charge in [-0.15, -0.1) is 0 Å². The summed E-state index contributed by atoms with van der Waals surface area (Å²) in [7, 11) is -15.1. The highest BCUT2D eigenvalue weighted by atomic mass is 32.3. The molecule has 0 amide bonds. The molecule has 0 heterocycles. The van der Waals surface area contributed by atoms with Gasteiger partial charge in [0.15, 0.2) is 0 Å². The molecular weight excluding hydrogens is 649 g/mol. The van der Waals surface area contributed by atoms with Crippen LogP contribution in [0.25, 0.3) is 0 Å². The third-order valence-corrected chi connectivity index (χ3v) is 15.0. The van der Waals surface area contributed by atoms with Crippen molar-refractivity contribution in [1.29, 1.82) is 0 Å². The van der Waals surface area contributed by atoms with Crippen LogP contribution < -0.4 is 0 Å². The van der Waals surface area contributed by atoms with E-state index < -0.39 is 66.3 Å². The number of fused-ring (bicyclic) bond motifs is 5. The van der Waals surface area contributed by atoms with Crippen molar-refractivity contribution in [2.24, 2.45) is 57.2 Å². The predicted molar refractivity (Wildman–Crippen MR) is 167 cm³/mol. The summed E-state index contributed by atoms with van der Waals surface area (Å²) in [4.78, 5) is 0. The van der Waals surface area contributed by atoms with Gasteiger partial charge in [-0.3, -0.25) is 13.7 Å². The summed E-state index contributed by atoms with van der Waals surface area (Å²) in [6.07, 6.45) is 1.71. The highest BCUT2D eigenvalue weighted by Crippen LogP contribution is 2.73. The summed E-state index contributed by atoms with van der Waals surface area (Å²) < 4.78 is 115. The van der Waals surface area contributed by atoms with Gasteiger partial charge in [0.25, 0.3) is 0 Å². The zero-order valence-electron chi connectivity index (χ0n) is 27.8. The van der Waals surface area contributed by atoms with E-state index in [-0.39, 0.29) is 35.5 Å². The van der Waals surface area contributed by atoms with Crippen LogP contribution in [0.2, 0.25) is 0 Å². The lowest BCUT2D eigenvalue weighted by Crippen LogP contribution is -2.66. The Morgan fingerprint density at radius 3 is 1.73 bits per heavy atom. The molecule has 4 saturated carbocycles. The molecule has 0 saturated heterocycles. The molecule has 0 aromatic heterocycles. The van der Waals surface area contributed by atoms with E-state index in [4.69, 9.17) is 12.5 Å². The second-order valence-electron chi connectivity index (χ2n) is 16.5. The molecule has 2 unspecified atom stereocenters. The maximum Gasteiger partial charge on any atom is 0.397 e. The molecule has 0 aliphatic heterocycles. The molecule has 0 aromatic carbocycles. The standard InChI is InChI=1S/C30H54O12S3/c1-18(9-10-19(2)27(3,4)5)20-11-12-21-22-15-24(40-43(31,32)33)23-16-25(41-44(34,35)36)26(42-45(37,38)39)17-30(23,8)29(22,7)14-13-28(20,21)6/h18-26H,9-17H2,1-8H3,(H,31,32,33)(H,34,35,36)(H,37,38,39)/t18-,19?,20?,21+,22+,23-,24+,25+,26-,28-,29+,30+/m1/s1. The van der Waals surface area contributed by atoms with Crippen LogP contribution in [-0.2, 0) is 43.7 Å². The first-order chi connectivity index (χ1) is 20.2. The third kappa shape index (κ3) is 7.61. The minimum atomic E-state index is -5.08. The molecular formula is C30H54O12S3. The average molecular weight is 703 g/mol. The molecule has 45 heavy (non-hydrogen) atoms. The first-order valence-electron chi connectivity index (χ1n) is 16.2. The first kappa shape index (κ1) is 37.4. The van der Waals surface area contributed by atoms with Crippen molar-refractivity contribution >= 4 is 31.2 Å². The van der Waals surface area contributed by atoms with Crippen molar-refractivity contribution in [2.45, 2.75) is 131 Å². The number of hydrogen-bond acceptors (Lipinski definition) is 9. The molecule has 4 aliphatic rings. The van der Waals surface area contributed by atoms with Crippen LogP contribution in [0, 0.1) is 57.2 Å². The van der Waals surface area contributed by atoms with E-state index in [0.29, 0.717) is 24.2 Å². The topological polar surface area (TPSA) is 191 Å². The van der Waals surface area contributed by atoms with Crippen LogP contribution in [0.15, 0.2) is 0 Å². The van der Waals surface area contributed by atoms with Gasteiger partial charge in [-0.2, -0.15) is 25.3 Å². The number of hydrogen-bond donors (Lipinski definition) is 3. The lowest BCUT2D eigenvalue weighted by molar-refractivity contribution is -0.228. The van der Waals surface area contributed by atoms with E-state index in [1.54, 1.807) is 0 Å². The Morgan fingerprint density at radius 2 is 1.20 bits per heavy atom. The maximum atomic E-state index is 12.1. The largest absolute Gasteiger partial charge is 0.397 e. The SMILES string of the molecule is CC(CC[C@@H](C)C1CC[C@H]2[C@@H]3C[C@H](OS(=O)(=O)O)[C@H]4C[C@H](OS(=O)(=O)O)[C@H](OS(=O)(=O)O)C[C@]4(C)[C@@]3(C)CC[C@]12C)C(C)(C)C. The van der Waals surface area contributed by atoms with Crippen LogP contribution in [0.3, 0.4) is 0 Å². The van der Waals surface area contributed by atoms with E-state index in [1.807, 2.05) is 6.92 Å². The van der Waals surface area contributed by atoms with Gasteiger partial charge >= 0.3 is 31.2 Å². The monoisotopic (exact) mass is 702 g/mol. The Balaban J connectivity index is 1.71. The zero-order chi connectivity index (χ0) is 34.2. The zero-order valence-corrected chi connectivity index (χ0v) is 30.3. The van der Waals surface area contributed by atoms with Gasteiger partial charge < -0.3 is 0 Å². The normalized spacial score (nSPS) is 42.3. The fourth-order valence-electron chi connectivity index (χ4n) is 10.5. The fraction of sp³-hybridized carbons (Fsp3) is 1.00. The van der Waals surface area contributed by atoms with Gasteiger partial charge in [0.2, 0.25) is 0 Å². The maximum absolute atomic E-state index is 12.1. The van der Waals surface area contributed by atoms with Crippen molar-refractivity contribution in [3.05, 3.63) is 0 Å². The molecule has 4 aliphatic carbocycles. The summed E-state index contributed by atoms with van der Waals surface area (Å²) >= 11 is 0. The lowest BCUT2D eigenvalue weighted by Gasteiger charge is -2.68. The molecule has 0 aromatic rings. The molecule has 264 valence electrons. The van der Waals surface area contributed by atoms with Crippen LogP contribution in [0.4, 0.5) is 0 Å². The molecule has 12 nitrogen and oxygen atoms in total. The van der Waals surface area contributed by atoms with Gasteiger partial charge in [0.1, 0.15) is 12.2 Å². The molecule has 0 spiro atoms. The summed E-state index contributed by atoms with van der Waals surface area (Å²) in [5.74, 6) is 0.980. The minimum Gasteiger partial charge on any atom is -0.264 e. The van der Waals surface area contributed by atoms with Crippen molar-refractivity contribution in [3.8, 4) is 0 Å². The predicted octanol–water partition coefficient (Wildman–Crippen LogP) is 5.92. The van der Waals surface area contributed by atoms with Crippen molar-refractivity contribution < 1.29 is 51.5 Å². The van der Waals surface area contributed by atoms with Gasteiger partial charge in [-0.1, -0.05) is 61.8 Å². The second kappa shape index (κ2) is 12.2. The van der Waals surface area contributed by atoms with E-state index in [0.717, 1.165) is 38.5 Å². The quantitative estimate of drug-likeness (QED) is 0.228. The van der Waals surface area contributed by atoms with Gasteiger partial charge in [-0.05, 0) is 109 Å². The Kier molecular flexibility index (Phi) is 10.1. The minimum absolute atomic E-state index is 0.0178. The highest BCUT2D eigenvalue weighted by Gasteiger charge is 2.69. The van der Waals surface area contributed by atoms with Crippen molar-refractivity contribution in [2.75, 3.05) is 0 Å². The third-order valence-electron chi connectivity index (χ3n) is 13.5. The van der Waals surface area contributed by atoms with Gasteiger partial charge in [-0.25, -0.2) is 12.5 Å². The van der Waals surface area contributed by atoms with Crippen LogP contribution in [0.5, 0.6) is 0 Å². The lowest BCUT2D eigenvalue weighted by atomic mass is 9.37. The molecule has 3 N–H and O–H groups in total. The first-order valence-corrected chi connectivity index (χ1v) is 20.3. The molecule has 12 atom stereocenters. The van der Waals surface area contributed by atoms with Crippen molar-refractivity contribution in [3.63, 3.8) is 0 Å². The summed E-state index contributed by atoms with van der Waals surface area (Å²) in [5, 5.41) is 0. The van der Waals surface area contributed by atoms with E-state index >= 15 is 0 Å². The average Bonchev–Trinajstić information content (AvgIpc) is 3.19. The number of rotatable bonds is 10. The highest BCUT2D eigenvalue weighted by molar-refractivity contribution is 7.81. The van der Waals surface area contributed by atoms with Crippen LogP contribution >= 0.6 is 0 Å². The Bertz CT molecular complexity index is 1420. The van der Waals surface area contributed by atoms with E-state index in [1.165, 1.54) is 0 Å². The van der Waals surface area contributed by atoms with Gasteiger partial charge in [0.05, 0.1) is 6.10 Å². The summed E-state index contributed by atoms with van der Waals surface area (Å²) in [6, 6.07) is 0. The molecule has 0 bridgehead atoms. The van der Waals surface area contributed by atoms with E-state index in [9.17, 15) is 38.9 Å². The van der Waals surface area contributed by atoms with Crippen molar-refractivity contribution in [1.82, 2.24) is 0 Å². The molecule has 4 fully saturated rings. The summed E-state index contributed by atoms with van der Waals surface area (Å²) in [6.45, 7) is 17.9.